The van der Waals surface area contributed by atoms with Crippen LogP contribution in [0.25, 0.3) is 22.2 Å². The van der Waals surface area contributed by atoms with Crippen molar-refractivity contribution in [2.75, 3.05) is 79.7 Å². The maximum Gasteiger partial charge on any atom is 0.242 e. The molecule has 5 heterocycles. The van der Waals surface area contributed by atoms with Gasteiger partial charge in [-0.1, -0.05) is 6.92 Å². The first kappa shape index (κ1) is 43.9. The molecule has 2 fully saturated rings. The number of halogens is 3. The largest absolute Gasteiger partial charge is 0.374 e. The number of fused-ring (bicyclic) bond motifs is 1. The van der Waals surface area contributed by atoms with Crippen molar-refractivity contribution in [2.24, 2.45) is 5.92 Å². The summed E-state index contributed by atoms with van der Waals surface area (Å²) in [6.07, 6.45) is 8.61. The van der Waals surface area contributed by atoms with Gasteiger partial charge in [-0.2, -0.15) is 0 Å². The first-order valence-electron chi connectivity index (χ1n) is 20.4. The molecule has 2 saturated heterocycles. The molecule has 15 nitrogen and oxygen atoms in total. The molecule has 3 aromatic heterocycles. The van der Waals surface area contributed by atoms with Crippen molar-refractivity contribution in [1.29, 1.82) is 0 Å². The van der Waals surface area contributed by atoms with E-state index >= 15 is 8.78 Å². The number of aromatic nitrogens is 4. The van der Waals surface area contributed by atoms with Crippen molar-refractivity contribution in [2.45, 2.75) is 38.6 Å². The summed E-state index contributed by atoms with van der Waals surface area (Å²) in [5.41, 5.74) is 1.84. The number of pyridine rings is 1. The molecule has 0 saturated carbocycles. The Hall–Kier alpha value is -6.21. The maximum atomic E-state index is 15.5. The van der Waals surface area contributed by atoms with Crippen LogP contribution in [0.5, 0.6) is 0 Å². The van der Waals surface area contributed by atoms with Crippen LogP contribution >= 0.6 is 12.1 Å². The van der Waals surface area contributed by atoms with Gasteiger partial charge in [0, 0.05) is 130 Å². The average Bonchev–Trinajstić information content (AvgIpc) is 3.94. The first-order chi connectivity index (χ1) is 30.0. The smallest absolute Gasteiger partial charge is 0.242 e. The Kier molecular flexibility index (Phi) is 13.9. The molecule has 5 aromatic rings. The molecule has 7 rings (SSSR count). The number of hydrogen-bond acceptors (Lipinski definition) is 13. The van der Waals surface area contributed by atoms with E-state index in [2.05, 4.69) is 35.3 Å². The Morgan fingerprint density at radius 1 is 0.968 bits per heavy atom. The van der Waals surface area contributed by atoms with Gasteiger partial charge in [0.05, 0.1) is 16.9 Å². The number of likely N-dealkylation sites (N-methyl/N-ethyl adjacent to an activating group) is 1. The van der Waals surface area contributed by atoms with Gasteiger partial charge in [-0.05, 0) is 62.2 Å². The highest BCUT2D eigenvalue weighted by Crippen LogP contribution is 2.32. The number of carbonyl (C=O) groups excluding carboxylic acids is 4. The van der Waals surface area contributed by atoms with Gasteiger partial charge in [0.25, 0.3) is 0 Å². The number of H-pyrrole nitrogens is 1. The van der Waals surface area contributed by atoms with Crippen molar-refractivity contribution in [3.05, 3.63) is 89.8 Å². The molecular weight excluding hydrogens is 824 g/mol. The fraction of sp³-hybridized carbons (Fsp3) is 0.372. The molecule has 2 aliphatic heterocycles. The van der Waals surface area contributed by atoms with Crippen LogP contribution in [-0.4, -0.2) is 119 Å². The van der Waals surface area contributed by atoms with E-state index in [4.69, 9.17) is 0 Å². The van der Waals surface area contributed by atoms with Crippen LogP contribution in [0.2, 0.25) is 0 Å². The zero-order valence-electron chi connectivity index (χ0n) is 34.6. The van der Waals surface area contributed by atoms with Gasteiger partial charge in [0.15, 0.2) is 5.82 Å². The van der Waals surface area contributed by atoms with E-state index in [9.17, 15) is 23.6 Å². The summed E-state index contributed by atoms with van der Waals surface area (Å²) in [6, 6.07) is 8.09. The van der Waals surface area contributed by atoms with Gasteiger partial charge in [0.1, 0.15) is 29.6 Å². The lowest BCUT2D eigenvalue weighted by Gasteiger charge is -2.35. The monoisotopic (exact) mass is 871 g/mol. The minimum atomic E-state index is -0.990. The van der Waals surface area contributed by atoms with Crippen molar-refractivity contribution in [3.8, 4) is 11.1 Å². The van der Waals surface area contributed by atoms with Crippen LogP contribution in [0.1, 0.15) is 48.5 Å². The molecule has 2 amide bonds. The number of aromatic amines is 1. The SMILES string of the molecule is CCN(C)SNc1ccc(F)c(C(=O)c2c[nH]c3ncc(-c4cnc(N5CCN(C(=O)CC6CCN(c7ccc(NC(CCC=O)C(=O)NC)cc7F)C6)CC5)nc4)cc23)c1F. The average molecular weight is 872 g/mol. The highest BCUT2D eigenvalue weighted by Gasteiger charge is 2.30. The summed E-state index contributed by atoms with van der Waals surface area (Å²) >= 11 is 1.13. The van der Waals surface area contributed by atoms with Crippen LogP contribution in [0.3, 0.4) is 0 Å². The van der Waals surface area contributed by atoms with E-state index in [1.165, 1.54) is 25.4 Å². The van der Waals surface area contributed by atoms with Crippen LogP contribution in [-0.2, 0) is 14.4 Å². The molecular formula is C43H48F3N11O4S. The summed E-state index contributed by atoms with van der Waals surface area (Å²) in [5.74, 6) is -2.91. The predicted molar refractivity (Wildman–Crippen MR) is 233 cm³/mol. The molecule has 4 N–H and O–H groups in total. The number of nitrogens with zero attached hydrogens (tertiary/aromatic N) is 7. The molecule has 2 atom stereocenters. The minimum Gasteiger partial charge on any atom is -0.374 e. The Morgan fingerprint density at radius 2 is 1.73 bits per heavy atom. The number of hydrogen-bond donors (Lipinski definition) is 4. The molecule has 2 aromatic carbocycles. The molecule has 2 unspecified atom stereocenters. The zero-order chi connectivity index (χ0) is 43.9. The Labute approximate surface area is 361 Å². The number of aldehydes is 1. The van der Waals surface area contributed by atoms with Crippen LogP contribution in [0, 0.1) is 23.4 Å². The van der Waals surface area contributed by atoms with Crippen molar-refractivity contribution in [3.63, 3.8) is 0 Å². The van der Waals surface area contributed by atoms with E-state index < -0.39 is 34.8 Å². The Morgan fingerprint density at radius 3 is 2.44 bits per heavy atom. The Bertz CT molecular complexity index is 2430. The number of piperazine rings is 1. The molecule has 19 heteroatoms. The summed E-state index contributed by atoms with van der Waals surface area (Å²) < 4.78 is 50.4. The lowest BCUT2D eigenvalue weighted by atomic mass is 10.0. The third-order valence-corrected chi connectivity index (χ3v) is 12.1. The van der Waals surface area contributed by atoms with E-state index in [0.717, 1.165) is 30.9 Å². The van der Waals surface area contributed by atoms with Crippen LogP contribution in [0.15, 0.2) is 61.2 Å². The molecule has 0 aliphatic carbocycles. The number of carbonyl (C=O) groups is 4. The van der Waals surface area contributed by atoms with E-state index in [1.54, 1.807) is 36.8 Å². The van der Waals surface area contributed by atoms with E-state index in [-0.39, 0.29) is 41.8 Å². The second-order valence-corrected chi connectivity index (χ2v) is 16.2. The number of benzene rings is 2. The second kappa shape index (κ2) is 19.7. The highest BCUT2D eigenvalue weighted by atomic mass is 32.2. The molecule has 62 heavy (non-hydrogen) atoms. The molecule has 2 aliphatic rings. The fourth-order valence-corrected chi connectivity index (χ4v) is 8.17. The van der Waals surface area contributed by atoms with Gasteiger partial charge in [0.2, 0.25) is 23.5 Å². The summed E-state index contributed by atoms with van der Waals surface area (Å²) in [4.78, 5) is 72.4. The van der Waals surface area contributed by atoms with Gasteiger partial charge in [-0.25, -0.2) is 32.4 Å². The van der Waals surface area contributed by atoms with Crippen molar-refractivity contribution in [1.82, 2.24) is 34.5 Å². The molecule has 326 valence electrons. The van der Waals surface area contributed by atoms with Gasteiger partial charge >= 0.3 is 0 Å². The fourth-order valence-electron chi connectivity index (χ4n) is 7.63. The summed E-state index contributed by atoms with van der Waals surface area (Å²) in [5, 5.41) is 5.96. The van der Waals surface area contributed by atoms with Crippen molar-refractivity contribution < 1.29 is 32.3 Å². The normalized spacial score (nSPS) is 15.9. The quantitative estimate of drug-likeness (QED) is 0.0513. The van der Waals surface area contributed by atoms with Crippen LogP contribution < -0.4 is 25.2 Å². The topological polar surface area (TPSA) is 172 Å². The first-order valence-corrected chi connectivity index (χ1v) is 21.2. The third kappa shape index (κ3) is 9.78. The van der Waals surface area contributed by atoms with Gasteiger partial charge in [-0.3, -0.25) is 14.4 Å². The maximum absolute atomic E-state index is 15.5. The predicted octanol–water partition coefficient (Wildman–Crippen LogP) is 5.67. The zero-order valence-corrected chi connectivity index (χ0v) is 35.4. The molecule has 0 bridgehead atoms. The summed E-state index contributed by atoms with van der Waals surface area (Å²) in [6.45, 7) is 5.80. The molecule has 0 spiro atoms. The minimum absolute atomic E-state index is 0.0158. The van der Waals surface area contributed by atoms with Crippen molar-refractivity contribution >= 4 is 70.1 Å². The number of amides is 2. The number of nitrogens with one attached hydrogen (secondary N) is 4. The van der Waals surface area contributed by atoms with Crippen LogP contribution in [0.4, 0.5) is 36.2 Å². The standard InChI is InChI=1S/C43H48F3N11O4S/c1-4-54(3)62-53-34-9-8-32(44)38(39(34)46)40(60)31-24-49-41-30(31)19-27(21-48-41)28-22-50-43(51-23-28)56-15-13-55(14-16-56)37(59)18-26-11-12-57(25-26)36-10-7-29(20-33(36)45)52-35(6-5-17-58)42(61)47-2/h7-10,17,19-24,26,35,52-53H,4-6,11-16,18,25H2,1-3H3,(H,47,61)(H,48,49). The number of anilines is 4. The van der Waals surface area contributed by atoms with Gasteiger partial charge in [-0.15, -0.1) is 0 Å². The number of ketones is 1. The Balaban J connectivity index is 0.926. The lowest BCUT2D eigenvalue weighted by molar-refractivity contribution is -0.132. The van der Waals surface area contributed by atoms with E-state index in [0.29, 0.717) is 91.7 Å². The lowest BCUT2D eigenvalue weighted by Crippen LogP contribution is -2.49. The van der Waals surface area contributed by atoms with E-state index in [1.807, 2.05) is 33.0 Å². The molecule has 0 radical (unpaired) electrons. The number of rotatable bonds is 17. The second-order valence-electron chi connectivity index (χ2n) is 15.2. The highest BCUT2D eigenvalue weighted by molar-refractivity contribution is 7.98. The summed E-state index contributed by atoms with van der Waals surface area (Å²) in [7, 11) is 3.31. The third-order valence-electron chi connectivity index (χ3n) is 11.3. The van der Waals surface area contributed by atoms with Gasteiger partial charge < -0.3 is 39.8 Å².